The maximum absolute atomic E-state index is 12.6. The first-order valence-corrected chi connectivity index (χ1v) is 8.36. The smallest absolute Gasteiger partial charge is 0.228 e. The summed E-state index contributed by atoms with van der Waals surface area (Å²) in [6.45, 7) is 2.00. The molecule has 3 rings (SSSR count). The van der Waals surface area contributed by atoms with Crippen molar-refractivity contribution in [1.29, 1.82) is 0 Å². The number of likely N-dealkylation sites (tertiary alicyclic amines) is 1. The molecule has 2 amide bonds. The van der Waals surface area contributed by atoms with Crippen molar-refractivity contribution in [3.63, 3.8) is 0 Å². The van der Waals surface area contributed by atoms with Crippen LogP contribution in [0.3, 0.4) is 0 Å². The molecule has 118 valence electrons. The molecular weight excluding hydrogens is 323 g/mol. The lowest BCUT2D eigenvalue weighted by Gasteiger charge is -2.29. The molecule has 1 atom stereocenters. The summed E-state index contributed by atoms with van der Waals surface area (Å²) in [7, 11) is 0. The van der Waals surface area contributed by atoms with Crippen molar-refractivity contribution in [1.82, 2.24) is 4.90 Å². The summed E-state index contributed by atoms with van der Waals surface area (Å²) in [5.41, 5.74) is 0.591. The van der Waals surface area contributed by atoms with Crippen LogP contribution in [0.25, 0.3) is 0 Å². The van der Waals surface area contributed by atoms with Crippen molar-refractivity contribution < 1.29 is 9.59 Å². The Kier molecular flexibility index (Phi) is 4.59. The van der Waals surface area contributed by atoms with Gasteiger partial charge in [-0.1, -0.05) is 23.2 Å². The van der Waals surface area contributed by atoms with Gasteiger partial charge in [-0.2, -0.15) is 0 Å². The van der Waals surface area contributed by atoms with Crippen molar-refractivity contribution in [2.24, 2.45) is 5.92 Å². The summed E-state index contributed by atoms with van der Waals surface area (Å²) in [5, 5.41) is 1.00. The maximum atomic E-state index is 12.6. The van der Waals surface area contributed by atoms with Crippen LogP contribution < -0.4 is 4.90 Å². The molecule has 0 aromatic heterocycles. The van der Waals surface area contributed by atoms with E-state index in [4.69, 9.17) is 23.2 Å². The molecule has 6 heteroatoms. The number of hydrogen-bond donors (Lipinski definition) is 0. The Morgan fingerprint density at radius 2 is 1.86 bits per heavy atom. The summed E-state index contributed by atoms with van der Waals surface area (Å²) in [5.74, 6) is -0.256. The third kappa shape index (κ3) is 3.08. The van der Waals surface area contributed by atoms with Crippen LogP contribution >= 0.6 is 23.2 Å². The Morgan fingerprint density at radius 3 is 2.59 bits per heavy atom. The Balaban J connectivity index is 1.75. The molecule has 0 bridgehead atoms. The van der Waals surface area contributed by atoms with Crippen molar-refractivity contribution in [3.8, 4) is 0 Å². The number of nitrogens with zero attached hydrogens (tertiary/aromatic N) is 2. The second kappa shape index (κ2) is 6.47. The molecule has 2 fully saturated rings. The number of amides is 2. The number of carbonyl (C=O) groups excluding carboxylic acids is 2. The Hall–Kier alpha value is -1.26. The normalized spacial score (nSPS) is 22.3. The highest BCUT2D eigenvalue weighted by atomic mass is 35.5. The molecule has 2 saturated heterocycles. The molecule has 0 N–H and O–H groups in total. The molecule has 4 nitrogen and oxygen atoms in total. The number of benzene rings is 1. The summed E-state index contributed by atoms with van der Waals surface area (Å²) < 4.78 is 0. The second-order valence-corrected chi connectivity index (χ2v) is 6.73. The predicted molar refractivity (Wildman–Crippen MR) is 87.4 cm³/mol. The van der Waals surface area contributed by atoms with E-state index in [1.165, 1.54) is 6.42 Å². The van der Waals surface area contributed by atoms with Gasteiger partial charge >= 0.3 is 0 Å². The molecule has 0 aliphatic carbocycles. The summed E-state index contributed by atoms with van der Waals surface area (Å²) in [6, 6.07) is 5.03. The van der Waals surface area contributed by atoms with E-state index in [9.17, 15) is 9.59 Å². The fraction of sp³-hybridized carbons (Fsp3) is 0.500. The zero-order valence-electron chi connectivity index (χ0n) is 12.2. The van der Waals surface area contributed by atoms with Crippen molar-refractivity contribution in [3.05, 3.63) is 28.2 Å². The van der Waals surface area contributed by atoms with E-state index in [0.717, 1.165) is 25.9 Å². The molecule has 22 heavy (non-hydrogen) atoms. The topological polar surface area (TPSA) is 40.6 Å². The van der Waals surface area contributed by atoms with Gasteiger partial charge in [0, 0.05) is 31.1 Å². The minimum absolute atomic E-state index is 0.0699. The van der Waals surface area contributed by atoms with Crippen LogP contribution in [0.1, 0.15) is 25.7 Å². The minimum Gasteiger partial charge on any atom is -0.342 e. The first-order chi connectivity index (χ1) is 10.6. The molecular formula is C16H18Cl2N2O2. The highest BCUT2D eigenvalue weighted by molar-refractivity contribution is 6.35. The lowest BCUT2D eigenvalue weighted by Crippen LogP contribution is -2.40. The fourth-order valence-electron chi connectivity index (χ4n) is 3.17. The van der Waals surface area contributed by atoms with Gasteiger partial charge in [-0.05, 0) is 37.5 Å². The number of rotatable bonds is 2. The third-order valence-electron chi connectivity index (χ3n) is 4.34. The maximum Gasteiger partial charge on any atom is 0.228 e. The lowest BCUT2D eigenvalue weighted by atomic mass is 10.0. The van der Waals surface area contributed by atoms with Gasteiger partial charge in [-0.3, -0.25) is 9.59 Å². The van der Waals surface area contributed by atoms with Gasteiger partial charge in [-0.15, -0.1) is 0 Å². The van der Waals surface area contributed by atoms with Crippen LogP contribution in [0.2, 0.25) is 10.0 Å². The number of hydrogen-bond acceptors (Lipinski definition) is 2. The fourth-order valence-corrected chi connectivity index (χ4v) is 3.56. The van der Waals surface area contributed by atoms with E-state index < -0.39 is 0 Å². The average Bonchev–Trinajstić information content (AvgIpc) is 2.91. The standard InChI is InChI=1S/C16H18Cl2N2O2/c17-12-4-5-13(18)14(9-12)20-10-11(8-15(20)21)16(22)19-6-2-1-3-7-19/h4-5,9,11H,1-3,6-8,10H2. The van der Waals surface area contributed by atoms with Crippen LogP contribution in [0.15, 0.2) is 18.2 Å². The van der Waals surface area contributed by atoms with Crippen molar-refractivity contribution in [2.75, 3.05) is 24.5 Å². The van der Waals surface area contributed by atoms with Gasteiger partial charge in [0.1, 0.15) is 0 Å². The molecule has 2 aliphatic rings. The third-order valence-corrected chi connectivity index (χ3v) is 4.90. The molecule has 1 unspecified atom stereocenters. The van der Waals surface area contributed by atoms with Crippen LogP contribution in [-0.4, -0.2) is 36.3 Å². The zero-order chi connectivity index (χ0) is 15.7. The van der Waals surface area contributed by atoms with Gasteiger partial charge in [0.15, 0.2) is 0 Å². The van der Waals surface area contributed by atoms with E-state index in [2.05, 4.69) is 0 Å². The van der Waals surface area contributed by atoms with E-state index >= 15 is 0 Å². The predicted octanol–water partition coefficient (Wildman–Crippen LogP) is 3.36. The molecule has 2 heterocycles. The second-order valence-electron chi connectivity index (χ2n) is 5.89. The average molecular weight is 341 g/mol. The van der Waals surface area contributed by atoms with Crippen LogP contribution in [0, 0.1) is 5.92 Å². The molecule has 0 spiro atoms. The van der Waals surface area contributed by atoms with E-state index in [0.29, 0.717) is 22.3 Å². The summed E-state index contributed by atoms with van der Waals surface area (Å²) in [4.78, 5) is 28.3. The summed E-state index contributed by atoms with van der Waals surface area (Å²) >= 11 is 12.2. The van der Waals surface area contributed by atoms with E-state index in [-0.39, 0.29) is 24.2 Å². The van der Waals surface area contributed by atoms with Gasteiger partial charge in [0.25, 0.3) is 0 Å². The number of anilines is 1. The minimum atomic E-state index is -0.277. The van der Waals surface area contributed by atoms with Crippen LogP contribution in [-0.2, 0) is 9.59 Å². The molecule has 2 aliphatic heterocycles. The molecule has 0 saturated carbocycles. The monoisotopic (exact) mass is 340 g/mol. The van der Waals surface area contributed by atoms with Gasteiger partial charge < -0.3 is 9.80 Å². The quantitative estimate of drug-likeness (QED) is 0.828. The SMILES string of the molecule is O=C(C1CC(=O)N(c2cc(Cl)ccc2Cl)C1)N1CCCCC1. The van der Waals surface area contributed by atoms with Gasteiger partial charge in [-0.25, -0.2) is 0 Å². The number of piperidine rings is 1. The van der Waals surface area contributed by atoms with Gasteiger partial charge in [0.2, 0.25) is 11.8 Å². The van der Waals surface area contributed by atoms with Crippen molar-refractivity contribution >= 4 is 40.7 Å². The van der Waals surface area contributed by atoms with Crippen LogP contribution in [0.4, 0.5) is 5.69 Å². The lowest BCUT2D eigenvalue weighted by molar-refractivity contribution is -0.136. The Bertz CT molecular complexity index is 600. The Morgan fingerprint density at radius 1 is 1.14 bits per heavy atom. The molecule has 0 radical (unpaired) electrons. The molecule has 1 aromatic carbocycles. The number of halogens is 2. The highest BCUT2D eigenvalue weighted by Crippen LogP contribution is 2.34. The number of carbonyl (C=O) groups is 2. The zero-order valence-corrected chi connectivity index (χ0v) is 13.7. The largest absolute Gasteiger partial charge is 0.342 e. The van der Waals surface area contributed by atoms with Crippen molar-refractivity contribution in [2.45, 2.75) is 25.7 Å². The first kappa shape index (κ1) is 15.6. The van der Waals surface area contributed by atoms with E-state index in [1.807, 2.05) is 4.90 Å². The van der Waals surface area contributed by atoms with E-state index in [1.54, 1.807) is 23.1 Å². The van der Waals surface area contributed by atoms with Crippen LogP contribution in [0.5, 0.6) is 0 Å². The summed E-state index contributed by atoms with van der Waals surface area (Å²) in [6.07, 6.45) is 3.53. The Labute approximate surface area is 140 Å². The highest BCUT2D eigenvalue weighted by Gasteiger charge is 2.38. The first-order valence-electron chi connectivity index (χ1n) is 7.60. The molecule has 1 aromatic rings. The van der Waals surface area contributed by atoms with Gasteiger partial charge in [0.05, 0.1) is 16.6 Å².